The van der Waals surface area contributed by atoms with Gasteiger partial charge in [0, 0.05) is 25.8 Å². The van der Waals surface area contributed by atoms with Gasteiger partial charge >= 0.3 is 0 Å². The Labute approximate surface area is 159 Å². The number of hydrogen-bond donors (Lipinski definition) is 2. The van der Waals surface area contributed by atoms with Crippen molar-refractivity contribution in [1.82, 2.24) is 9.88 Å². The third-order valence-electron chi connectivity index (χ3n) is 4.63. The van der Waals surface area contributed by atoms with Gasteiger partial charge in [-0.15, -0.1) is 0 Å². The van der Waals surface area contributed by atoms with Crippen molar-refractivity contribution < 1.29 is 13.2 Å². The highest BCUT2D eigenvalue weighted by atomic mass is 32.2. The number of nitrogens with two attached hydrogens (primary N) is 1. The van der Waals surface area contributed by atoms with Crippen LogP contribution >= 0.6 is 0 Å². The average molecular weight is 388 g/mol. The Morgan fingerprint density at radius 2 is 1.78 bits per heavy atom. The molecule has 1 aromatic heterocycles. The maximum absolute atomic E-state index is 12.4. The van der Waals surface area contributed by atoms with E-state index in [-0.39, 0.29) is 10.8 Å². The largest absolute Gasteiger partial charge is 0.370 e. The zero-order chi connectivity index (χ0) is 19.3. The van der Waals surface area contributed by atoms with Crippen LogP contribution in [0.15, 0.2) is 47.5 Å². The predicted molar refractivity (Wildman–Crippen MR) is 104 cm³/mol. The normalized spacial score (nSPS) is 14.8. The average Bonchev–Trinajstić information content (AvgIpc) is 2.68. The second-order valence-electron chi connectivity index (χ2n) is 6.65. The van der Waals surface area contributed by atoms with E-state index in [0.29, 0.717) is 24.3 Å². The molecule has 144 valence electrons. The minimum absolute atomic E-state index is 0.0451. The van der Waals surface area contributed by atoms with E-state index in [9.17, 15) is 13.2 Å². The van der Waals surface area contributed by atoms with Crippen LogP contribution in [-0.4, -0.2) is 43.8 Å². The number of nitrogens with zero attached hydrogens (tertiary/aromatic N) is 2. The van der Waals surface area contributed by atoms with Gasteiger partial charge in [0.2, 0.25) is 10.0 Å². The third-order valence-corrected chi connectivity index (χ3v) is 5.55. The molecule has 7 nitrogen and oxygen atoms in total. The molecule has 0 bridgehead atoms. The SMILES string of the molecule is NS(=O)(=O)c1ccc(CCNc2ccc(C(=O)N3CCCCC3)cn2)cc1. The van der Waals surface area contributed by atoms with Crippen LogP contribution in [0.5, 0.6) is 0 Å². The Hall–Kier alpha value is -2.45. The van der Waals surface area contributed by atoms with Crippen molar-refractivity contribution in [2.75, 3.05) is 25.0 Å². The molecule has 0 spiro atoms. The summed E-state index contributed by atoms with van der Waals surface area (Å²) < 4.78 is 22.5. The van der Waals surface area contributed by atoms with Crippen LogP contribution in [0.3, 0.4) is 0 Å². The number of benzene rings is 1. The van der Waals surface area contributed by atoms with Gasteiger partial charge in [0.05, 0.1) is 10.5 Å². The summed E-state index contributed by atoms with van der Waals surface area (Å²) >= 11 is 0. The van der Waals surface area contributed by atoms with Crippen molar-refractivity contribution in [1.29, 1.82) is 0 Å². The lowest BCUT2D eigenvalue weighted by atomic mass is 10.1. The predicted octanol–water partition coefficient (Wildman–Crippen LogP) is 2.01. The van der Waals surface area contributed by atoms with Crippen molar-refractivity contribution in [3.63, 3.8) is 0 Å². The number of hydrogen-bond acceptors (Lipinski definition) is 5. The summed E-state index contributed by atoms with van der Waals surface area (Å²) in [5, 5.41) is 8.29. The Bertz CT molecular complexity index is 874. The van der Waals surface area contributed by atoms with E-state index in [0.717, 1.165) is 31.5 Å². The molecule has 8 heteroatoms. The molecular formula is C19H24N4O3S. The van der Waals surface area contributed by atoms with Crippen LogP contribution in [0, 0.1) is 0 Å². The highest BCUT2D eigenvalue weighted by Crippen LogP contribution is 2.14. The van der Waals surface area contributed by atoms with Gasteiger partial charge in [-0.05, 0) is 55.5 Å². The summed E-state index contributed by atoms with van der Waals surface area (Å²) in [7, 11) is -3.66. The molecule has 3 N–H and O–H groups in total. The van der Waals surface area contributed by atoms with Crippen molar-refractivity contribution in [3.8, 4) is 0 Å². The monoisotopic (exact) mass is 388 g/mol. The topological polar surface area (TPSA) is 105 Å². The number of likely N-dealkylation sites (tertiary alicyclic amines) is 1. The fourth-order valence-corrected chi connectivity index (χ4v) is 3.60. The summed E-state index contributed by atoms with van der Waals surface area (Å²) in [5.74, 6) is 0.745. The molecule has 2 aromatic rings. The molecule has 1 aromatic carbocycles. The number of anilines is 1. The van der Waals surface area contributed by atoms with E-state index < -0.39 is 10.0 Å². The number of carbonyl (C=O) groups is 1. The lowest BCUT2D eigenvalue weighted by Gasteiger charge is -2.26. The summed E-state index contributed by atoms with van der Waals surface area (Å²) in [6.07, 6.45) is 5.64. The number of piperidine rings is 1. The number of nitrogens with one attached hydrogen (secondary N) is 1. The molecule has 0 saturated carbocycles. The molecule has 1 aliphatic heterocycles. The summed E-state index contributed by atoms with van der Waals surface area (Å²) in [6.45, 7) is 2.29. The first-order chi connectivity index (χ1) is 12.9. The first-order valence-corrected chi connectivity index (χ1v) is 10.6. The highest BCUT2D eigenvalue weighted by molar-refractivity contribution is 7.89. The number of sulfonamides is 1. The number of rotatable bonds is 6. The van der Waals surface area contributed by atoms with Gasteiger partial charge < -0.3 is 10.2 Å². The molecule has 1 saturated heterocycles. The van der Waals surface area contributed by atoms with Crippen LogP contribution in [0.4, 0.5) is 5.82 Å². The third kappa shape index (κ3) is 5.27. The molecule has 3 rings (SSSR count). The Morgan fingerprint density at radius 1 is 1.07 bits per heavy atom. The molecule has 27 heavy (non-hydrogen) atoms. The Kier molecular flexibility index (Phi) is 6.08. The molecule has 0 radical (unpaired) electrons. The quantitative estimate of drug-likeness (QED) is 0.787. The van der Waals surface area contributed by atoms with Gasteiger partial charge in [-0.1, -0.05) is 12.1 Å². The summed E-state index contributed by atoms with van der Waals surface area (Å²) in [4.78, 5) is 18.7. The van der Waals surface area contributed by atoms with Crippen LogP contribution in [0.2, 0.25) is 0 Å². The van der Waals surface area contributed by atoms with Crippen molar-refractivity contribution >= 4 is 21.7 Å². The maximum Gasteiger partial charge on any atom is 0.255 e. The van der Waals surface area contributed by atoms with Gasteiger partial charge in [0.25, 0.3) is 5.91 Å². The number of pyridine rings is 1. The van der Waals surface area contributed by atoms with Crippen LogP contribution in [0.1, 0.15) is 35.2 Å². The van der Waals surface area contributed by atoms with E-state index in [1.807, 2.05) is 4.90 Å². The second-order valence-corrected chi connectivity index (χ2v) is 8.21. The first kappa shape index (κ1) is 19.3. The molecule has 1 amide bonds. The maximum atomic E-state index is 12.4. The zero-order valence-electron chi connectivity index (χ0n) is 15.1. The van der Waals surface area contributed by atoms with Gasteiger partial charge in [-0.2, -0.15) is 0 Å². The molecule has 1 aliphatic rings. The summed E-state index contributed by atoms with van der Waals surface area (Å²) in [5.41, 5.74) is 1.60. The zero-order valence-corrected chi connectivity index (χ0v) is 15.9. The van der Waals surface area contributed by atoms with Gasteiger partial charge in [0.1, 0.15) is 5.82 Å². The van der Waals surface area contributed by atoms with Crippen LogP contribution in [0.25, 0.3) is 0 Å². The van der Waals surface area contributed by atoms with E-state index in [1.54, 1.807) is 30.5 Å². The van der Waals surface area contributed by atoms with Crippen molar-refractivity contribution in [3.05, 3.63) is 53.7 Å². The highest BCUT2D eigenvalue weighted by Gasteiger charge is 2.18. The van der Waals surface area contributed by atoms with Gasteiger partial charge in [-0.3, -0.25) is 4.79 Å². The molecule has 2 heterocycles. The molecule has 0 atom stereocenters. The number of amides is 1. The number of carbonyl (C=O) groups excluding carboxylic acids is 1. The fourth-order valence-electron chi connectivity index (χ4n) is 3.09. The van der Waals surface area contributed by atoms with E-state index in [2.05, 4.69) is 10.3 Å². The van der Waals surface area contributed by atoms with Gasteiger partial charge in [0.15, 0.2) is 0 Å². The minimum Gasteiger partial charge on any atom is -0.370 e. The smallest absolute Gasteiger partial charge is 0.255 e. The standard InChI is InChI=1S/C19H24N4O3S/c20-27(25,26)17-7-4-15(5-8-17)10-11-21-18-9-6-16(14-22-18)19(24)23-12-2-1-3-13-23/h4-9,14H,1-3,10-13H2,(H,21,22)(H2,20,25,26). The molecule has 1 fully saturated rings. The van der Waals surface area contributed by atoms with Crippen molar-refractivity contribution in [2.24, 2.45) is 5.14 Å². The van der Waals surface area contributed by atoms with Crippen molar-refractivity contribution in [2.45, 2.75) is 30.6 Å². The molecule has 0 aliphatic carbocycles. The second kappa shape index (κ2) is 8.49. The summed E-state index contributed by atoms with van der Waals surface area (Å²) in [6, 6.07) is 10.1. The minimum atomic E-state index is -3.66. The lowest BCUT2D eigenvalue weighted by Crippen LogP contribution is -2.35. The molecular weight excluding hydrogens is 364 g/mol. The number of aromatic nitrogens is 1. The Morgan fingerprint density at radius 3 is 2.37 bits per heavy atom. The van der Waals surface area contributed by atoms with Crippen LogP contribution < -0.4 is 10.5 Å². The van der Waals surface area contributed by atoms with E-state index in [1.165, 1.54) is 18.6 Å². The lowest BCUT2D eigenvalue weighted by molar-refractivity contribution is 0.0724. The van der Waals surface area contributed by atoms with Gasteiger partial charge in [-0.25, -0.2) is 18.5 Å². The van der Waals surface area contributed by atoms with Crippen LogP contribution in [-0.2, 0) is 16.4 Å². The van der Waals surface area contributed by atoms with E-state index in [4.69, 9.17) is 5.14 Å². The molecule has 0 unspecified atom stereocenters. The number of primary sulfonamides is 1. The fraction of sp³-hybridized carbons (Fsp3) is 0.368. The van der Waals surface area contributed by atoms with E-state index >= 15 is 0 Å². The first-order valence-electron chi connectivity index (χ1n) is 9.04. The Balaban J connectivity index is 1.50.